The van der Waals surface area contributed by atoms with Gasteiger partial charge in [0, 0.05) is 18.2 Å². The second-order valence-electron chi connectivity index (χ2n) is 4.34. The highest BCUT2D eigenvalue weighted by Gasteiger charge is 2.11. The van der Waals surface area contributed by atoms with Crippen LogP contribution in [-0.4, -0.2) is 0 Å². The molecular formula is C15H14BrF2N. The van der Waals surface area contributed by atoms with Crippen molar-refractivity contribution in [2.45, 2.75) is 19.5 Å². The molecule has 4 heteroatoms. The van der Waals surface area contributed by atoms with Gasteiger partial charge in [0.2, 0.25) is 0 Å². The Hall–Kier alpha value is -1.26. The Bertz CT molecular complexity index is 572. The van der Waals surface area contributed by atoms with Gasteiger partial charge in [0.1, 0.15) is 11.6 Å². The fraction of sp³-hybridized carbons (Fsp3) is 0.200. The summed E-state index contributed by atoms with van der Waals surface area (Å²) in [5.41, 5.74) is 1.42. The molecule has 0 aromatic heterocycles. The summed E-state index contributed by atoms with van der Waals surface area (Å²) in [5, 5.41) is 3.19. The van der Waals surface area contributed by atoms with E-state index in [1.807, 2.05) is 13.0 Å². The molecule has 0 amide bonds. The number of nitrogens with one attached hydrogen (secondary N) is 1. The van der Waals surface area contributed by atoms with Gasteiger partial charge < -0.3 is 5.32 Å². The molecular weight excluding hydrogens is 312 g/mol. The first-order chi connectivity index (χ1) is 9.09. The molecule has 1 unspecified atom stereocenters. The van der Waals surface area contributed by atoms with E-state index in [0.29, 0.717) is 16.6 Å². The van der Waals surface area contributed by atoms with Crippen LogP contribution in [0.5, 0.6) is 0 Å². The average Bonchev–Trinajstić information content (AvgIpc) is 2.40. The Kier molecular flexibility index (Phi) is 4.66. The zero-order valence-electron chi connectivity index (χ0n) is 10.5. The molecule has 2 rings (SSSR count). The lowest BCUT2D eigenvalue weighted by Crippen LogP contribution is -2.19. The Morgan fingerprint density at radius 1 is 1.05 bits per heavy atom. The van der Waals surface area contributed by atoms with Crippen LogP contribution in [0.3, 0.4) is 0 Å². The van der Waals surface area contributed by atoms with Crippen molar-refractivity contribution in [1.82, 2.24) is 5.32 Å². The maximum atomic E-state index is 13.6. The van der Waals surface area contributed by atoms with E-state index >= 15 is 0 Å². The molecule has 0 spiro atoms. The second kappa shape index (κ2) is 6.26. The van der Waals surface area contributed by atoms with Crippen molar-refractivity contribution in [2.24, 2.45) is 0 Å². The quantitative estimate of drug-likeness (QED) is 0.867. The van der Waals surface area contributed by atoms with E-state index in [1.165, 1.54) is 12.1 Å². The van der Waals surface area contributed by atoms with Gasteiger partial charge in [-0.3, -0.25) is 0 Å². The highest BCUT2D eigenvalue weighted by Crippen LogP contribution is 2.22. The zero-order chi connectivity index (χ0) is 13.8. The number of benzene rings is 2. The summed E-state index contributed by atoms with van der Waals surface area (Å²) >= 11 is 3.21. The van der Waals surface area contributed by atoms with E-state index < -0.39 is 0 Å². The molecule has 2 aromatic rings. The lowest BCUT2D eigenvalue weighted by molar-refractivity contribution is 0.525. The van der Waals surface area contributed by atoms with E-state index in [1.54, 1.807) is 24.3 Å². The van der Waals surface area contributed by atoms with Crippen LogP contribution in [0.15, 0.2) is 46.9 Å². The molecule has 0 bridgehead atoms. The summed E-state index contributed by atoms with van der Waals surface area (Å²) < 4.78 is 27.4. The topological polar surface area (TPSA) is 12.0 Å². The van der Waals surface area contributed by atoms with Gasteiger partial charge in [0.05, 0.1) is 4.47 Å². The normalized spacial score (nSPS) is 12.4. The Morgan fingerprint density at radius 3 is 2.47 bits per heavy atom. The van der Waals surface area contributed by atoms with E-state index in [9.17, 15) is 8.78 Å². The maximum Gasteiger partial charge on any atom is 0.137 e. The van der Waals surface area contributed by atoms with Gasteiger partial charge >= 0.3 is 0 Å². The van der Waals surface area contributed by atoms with Crippen molar-refractivity contribution >= 4 is 15.9 Å². The minimum Gasteiger partial charge on any atom is -0.306 e. The summed E-state index contributed by atoms with van der Waals surface area (Å²) in [5.74, 6) is -0.529. The van der Waals surface area contributed by atoms with E-state index in [4.69, 9.17) is 0 Å². The van der Waals surface area contributed by atoms with Crippen molar-refractivity contribution in [1.29, 1.82) is 0 Å². The number of rotatable bonds is 4. The number of hydrogen-bond donors (Lipinski definition) is 1. The summed E-state index contributed by atoms with van der Waals surface area (Å²) in [6.07, 6.45) is 0. The third kappa shape index (κ3) is 3.39. The lowest BCUT2D eigenvalue weighted by Gasteiger charge is -2.15. The Labute approximate surface area is 119 Å². The van der Waals surface area contributed by atoms with Crippen LogP contribution < -0.4 is 5.32 Å². The van der Waals surface area contributed by atoms with E-state index in [-0.39, 0.29) is 17.7 Å². The van der Waals surface area contributed by atoms with Gasteiger partial charge in [-0.1, -0.05) is 30.3 Å². The van der Waals surface area contributed by atoms with Crippen LogP contribution >= 0.6 is 15.9 Å². The van der Waals surface area contributed by atoms with Gasteiger partial charge in [-0.2, -0.15) is 0 Å². The van der Waals surface area contributed by atoms with Crippen LogP contribution in [0.1, 0.15) is 24.1 Å². The molecule has 0 heterocycles. The van der Waals surface area contributed by atoms with Crippen LogP contribution in [0.4, 0.5) is 8.78 Å². The predicted molar refractivity (Wildman–Crippen MR) is 75.8 cm³/mol. The molecule has 1 nitrogen and oxygen atoms in total. The largest absolute Gasteiger partial charge is 0.306 e. The molecule has 19 heavy (non-hydrogen) atoms. The van der Waals surface area contributed by atoms with Crippen LogP contribution in [0.2, 0.25) is 0 Å². The smallest absolute Gasteiger partial charge is 0.137 e. The minimum atomic E-state index is -0.294. The first kappa shape index (κ1) is 14.2. The molecule has 0 aliphatic heterocycles. The molecule has 0 fully saturated rings. The molecule has 0 radical (unpaired) electrons. The average molecular weight is 326 g/mol. The second-order valence-corrected chi connectivity index (χ2v) is 5.13. The van der Waals surface area contributed by atoms with Crippen LogP contribution in [0.25, 0.3) is 0 Å². The molecule has 0 aliphatic rings. The molecule has 0 saturated heterocycles. The first-order valence-electron chi connectivity index (χ1n) is 6.00. The van der Waals surface area contributed by atoms with Crippen molar-refractivity contribution in [3.8, 4) is 0 Å². The Morgan fingerprint density at radius 2 is 1.74 bits per heavy atom. The fourth-order valence-corrected chi connectivity index (χ4v) is 2.29. The monoisotopic (exact) mass is 325 g/mol. The molecule has 1 N–H and O–H groups in total. The van der Waals surface area contributed by atoms with E-state index in [0.717, 1.165) is 5.56 Å². The minimum absolute atomic E-state index is 0.142. The predicted octanol–water partition coefficient (Wildman–Crippen LogP) is 4.58. The summed E-state index contributed by atoms with van der Waals surface area (Å²) in [4.78, 5) is 0. The van der Waals surface area contributed by atoms with E-state index in [2.05, 4.69) is 21.2 Å². The van der Waals surface area contributed by atoms with Crippen molar-refractivity contribution in [3.63, 3.8) is 0 Å². The van der Waals surface area contributed by atoms with Gasteiger partial charge in [-0.25, -0.2) is 8.78 Å². The van der Waals surface area contributed by atoms with Gasteiger partial charge in [0.15, 0.2) is 0 Å². The van der Waals surface area contributed by atoms with Gasteiger partial charge in [0.25, 0.3) is 0 Å². The van der Waals surface area contributed by atoms with Crippen molar-refractivity contribution in [3.05, 3.63) is 69.7 Å². The molecule has 0 aliphatic carbocycles. The fourth-order valence-electron chi connectivity index (χ4n) is 1.88. The van der Waals surface area contributed by atoms with Crippen LogP contribution in [0, 0.1) is 11.6 Å². The molecule has 1 atom stereocenters. The maximum absolute atomic E-state index is 13.6. The summed E-state index contributed by atoms with van der Waals surface area (Å²) in [6.45, 7) is 2.35. The third-order valence-corrected chi connectivity index (χ3v) is 3.89. The lowest BCUT2D eigenvalue weighted by atomic mass is 10.1. The Balaban J connectivity index is 2.07. The van der Waals surface area contributed by atoms with Gasteiger partial charge in [-0.15, -0.1) is 0 Å². The SMILES string of the molecule is CC(NCc1cccc(F)c1Br)c1ccccc1F. The van der Waals surface area contributed by atoms with Crippen LogP contribution in [-0.2, 0) is 6.54 Å². The zero-order valence-corrected chi connectivity index (χ0v) is 12.0. The van der Waals surface area contributed by atoms with Gasteiger partial charge in [-0.05, 0) is 40.5 Å². The standard InChI is InChI=1S/C15H14BrF2N/c1-10(12-6-2-3-7-13(12)17)19-9-11-5-4-8-14(18)15(11)16/h2-8,10,19H,9H2,1H3. The first-order valence-corrected chi connectivity index (χ1v) is 6.79. The van der Waals surface area contributed by atoms with Crippen molar-refractivity contribution in [2.75, 3.05) is 0 Å². The number of hydrogen-bond acceptors (Lipinski definition) is 1. The summed E-state index contributed by atoms with van der Waals surface area (Å²) in [6, 6.07) is 11.4. The summed E-state index contributed by atoms with van der Waals surface area (Å²) in [7, 11) is 0. The molecule has 100 valence electrons. The highest BCUT2D eigenvalue weighted by atomic mass is 79.9. The van der Waals surface area contributed by atoms with Crippen molar-refractivity contribution < 1.29 is 8.78 Å². The molecule has 2 aromatic carbocycles. The third-order valence-electron chi connectivity index (χ3n) is 3.00. The molecule has 0 saturated carbocycles. The number of halogens is 3. The highest BCUT2D eigenvalue weighted by molar-refractivity contribution is 9.10.